The van der Waals surface area contributed by atoms with E-state index in [0.717, 1.165) is 12.8 Å². The van der Waals surface area contributed by atoms with E-state index in [4.69, 9.17) is 4.74 Å². The molecule has 0 bridgehead atoms. The topological polar surface area (TPSA) is 26.3 Å². The van der Waals surface area contributed by atoms with Crippen LogP contribution in [0.1, 0.15) is 46.6 Å². The Morgan fingerprint density at radius 2 is 1.68 bits per heavy atom. The normalized spacial score (nSPS) is 12.3. The van der Waals surface area contributed by atoms with Gasteiger partial charge in [0.15, 0.2) is 0 Å². The number of ether oxygens (including phenoxy) is 1. The molecule has 0 aliphatic rings. The first-order valence-electron chi connectivity index (χ1n) is 6.98. The standard InChI is InChI=1S/C17H26O2/c1-6-19-15(18)17(4,5)13-16(2,3)12-14-10-8-7-9-11-14/h7-11H,6,12-13H2,1-5H3. The number of hydrogen-bond donors (Lipinski definition) is 0. The average molecular weight is 262 g/mol. The molecule has 2 nitrogen and oxygen atoms in total. The zero-order chi connectivity index (χ0) is 14.5. The number of benzene rings is 1. The Labute approximate surface area is 117 Å². The van der Waals surface area contributed by atoms with Gasteiger partial charge in [0.2, 0.25) is 0 Å². The summed E-state index contributed by atoms with van der Waals surface area (Å²) in [6.45, 7) is 10.7. The van der Waals surface area contributed by atoms with E-state index in [-0.39, 0.29) is 11.4 Å². The minimum Gasteiger partial charge on any atom is -0.466 e. The molecule has 106 valence electrons. The predicted molar refractivity (Wildman–Crippen MR) is 79.0 cm³/mol. The SMILES string of the molecule is CCOC(=O)C(C)(C)CC(C)(C)Cc1ccccc1. The summed E-state index contributed by atoms with van der Waals surface area (Å²) in [6, 6.07) is 10.4. The van der Waals surface area contributed by atoms with E-state index < -0.39 is 5.41 Å². The monoisotopic (exact) mass is 262 g/mol. The Morgan fingerprint density at radius 3 is 2.21 bits per heavy atom. The highest BCUT2D eigenvalue weighted by Crippen LogP contribution is 2.37. The fourth-order valence-electron chi connectivity index (χ4n) is 2.81. The van der Waals surface area contributed by atoms with Crippen molar-refractivity contribution in [2.24, 2.45) is 10.8 Å². The van der Waals surface area contributed by atoms with Crippen LogP contribution in [0, 0.1) is 10.8 Å². The van der Waals surface area contributed by atoms with Gasteiger partial charge in [-0.05, 0) is 44.6 Å². The fraction of sp³-hybridized carbons (Fsp3) is 0.588. The molecule has 0 heterocycles. The molecule has 0 fully saturated rings. The van der Waals surface area contributed by atoms with Crippen LogP contribution in [0.25, 0.3) is 0 Å². The maximum Gasteiger partial charge on any atom is 0.311 e. The lowest BCUT2D eigenvalue weighted by atomic mass is 9.72. The summed E-state index contributed by atoms with van der Waals surface area (Å²) in [4.78, 5) is 12.0. The second kappa shape index (κ2) is 6.23. The highest BCUT2D eigenvalue weighted by molar-refractivity contribution is 5.75. The summed E-state index contributed by atoms with van der Waals surface area (Å²) in [5.41, 5.74) is 0.943. The van der Waals surface area contributed by atoms with Gasteiger partial charge in [0.1, 0.15) is 0 Å². The number of rotatable bonds is 6. The summed E-state index contributed by atoms with van der Waals surface area (Å²) >= 11 is 0. The number of carbonyl (C=O) groups excluding carboxylic acids is 1. The lowest BCUT2D eigenvalue weighted by Gasteiger charge is -2.33. The molecule has 0 atom stereocenters. The molecule has 0 radical (unpaired) electrons. The molecule has 0 aromatic heterocycles. The quantitative estimate of drug-likeness (QED) is 0.717. The largest absolute Gasteiger partial charge is 0.466 e. The summed E-state index contributed by atoms with van der Waals surface area (Å²) in [6.07, 6.45) is 1.78. The van der Waals surface area contributed by atoms with Crippen molar-refractivity contribution in [3.8, 4) is 0 Å². The van der Waals surface area contributed by atoms with E-state index in [9.17, 15) is 4.79 Å². The lowest BCUT2D eigenvalue weighted by Crippen LogP contribution is -2.33. The maximum absolute atomic E-state index is 12.0. The summed E-state index contributed by atoms with van der Waals surface area (Å²) in [5.74, 6) is -0.101. The van der Waals surface area contributed by atoms with Gasteiger partial charge in [0.25, 0.3) is 0 Å². The third-order valence-electron chi connectivity index (χ3n) is 3.27. The minimum absolute atomic E-state index is 0.0671. The third kappa shape index (κ3) is 5.06. The third-order valence-corrected chi connectivity index (χ3v) is 3.27. The van der Waals surface area contributed by atoms with Crippen molar-refractivity contribution in [2.45, 2.75) is 47.5 Å². The summed E-state index contributed by atoms with van der Waals surface area (Å²) < 4.78 is 5.16. The van der Waals surface area contributed by atoms with Gasteiger partial charge in [-0.3, -0.25) is 4.79 Å². The highest BCUT2D eigenvalue weighted by Gasteiger charge is 2.35. The van der Waals surface area contributed by atoms with Crippen molar-refractivity contribution in [2.75, 3.05) is 6.61 Å². The van der Waals surface area contributed by atoms with Crippen LogP contribution >= 0.6 is 0 Å². The van der Waals surface area contributed by atoms with E-state index in [2.05, 4.69) is 38.1 Å². The molecule has 1 aromatic rings. The van der Waals surface area contributed by atoms with Gasteiger partial charge in [0.05, 0.1) is 12.0 Å². The molecule has 0 saturated heterocycles. The van der Waals surface area contributed by atoms with Gasteiger partial charge in [-0.15, -0.1) is 0 Å². The molecule has 2 heteroatoms. The van der Waals surface area contributed by atoms with E-state index >= 15 is 0 Å². The van der Waals surface area contributed by atoms with Crippen LogP contribution in [-0.2, 0) is 16.0 Å². The van der Waals surface area contributed by atoms with Crippen LogP contribution in [0.5, 0.6) is 0 Å². The second-order valence-corrected chi connectivity index (χ2v) is 6.61. The highest BCUT2D eigenvalue weighted by atomic mass is 16.5. The predicted octanol–water partition coefficient (Wildman–Crippen LogP) is 4.23. The molecular formula is C17H26O2. The molecule has 0 spiro atoms. The Bertz CT molecular complexity index is 405. The van der Waals surface area contributed by atoms with Crippen LogP contribution in [0.4, 0.5) is 0 Å². The van der Waals surface area contributed by atoms with E-state index in [1.165, 1.54) is 5.56 Å². The molecule has 0 amide bonds. The fourth-order valence-corrected chi connectivity index (χ4v) is 2.81. The molecule has 0 saturated carbocycles. The van der Waals surface area contributed by atoms with Crippen molar-refractivity contribution in [1.29, 1.82) is 0 Å². The van der Waals surface area contributed by atoms with E-state index in [0.29, 0.717) is 6.61 Å². The lowest BCUT2D eigenvalue weighted by molar-refractivity contribution is -0.155. The molecule has 19 heavy (non-hydrogen) atoms. The van der Waals surface area contributed by atoms with Crippen molar-refractivity contribution < 1.29 is 9.53 Å². The zero-order valence-electron chi connectivity index (χ0n) is 12.8. The van der Waals surface area contributed by atoms with Crippen molar-refractivity contribution in [3.05, 3.63) is 35.9 Å². The Kier molecular flexibility index (Phi) is 5.16. The smallest absolute Gasteiger partial charge is 0.311 e. The molecule has 0 unspecified atom stereocenters. The van der Waals surface area contributed by atoms with Crippen LogP contribution in [0.2, 0.25) is 0 Å². The molecule has 1 aromatic carbocycles. The molecule has 0 N–H and O–H groups in total. The van der Waals surface area contributed by atoms with Gasteiger partial charge in [0, 0.05) is 0 Å². The molecule has 0 aliphatic carbocycles. The molecule has 1 rings (SSSR count). The van der Waals surface area contributed by atoms with Gasteiger partial charge in [-0.2, -0.15) is 0 Å². The van der Waals surface area contributed by atoms with Crippen molar-refractivity contribution >= 4 is 5.97 Å². The number of carbonyl (C=O) groups is 1. The summed E-state index contributed by atoms with van der Waals surface area (Å²) in [5, 5.41) is 0. The first kappa shape index (κ1) is 15.7. The first-order chi connectivity index (χ1) is 8.77. The van der Waals surface area contributed by atoms with Gasteiger partial charge >= 0.3 is 5.97 Å². The minimum atomic E-state index is -0.436. The maximum atomic E-state index is 12.0. The first-order valence-corrected chi connectivity index (χ1v) is 6.98. The Balaban J connectivity index is 2.70. The summed E-state index contributed by atoms with van der Waals surface area (Å²) in [7, 11) is 0. The van der Waals surface area contributed by atoms with E-state index in [1.807, 2.05) is 26.8 Å². The zero-order valence-corrected chi connectivity index (χ0v) is 12.8. The van der Waals surface area contributed by atoms with Crippen LogP contribution in [0.3, 0.4) is 0 Å². The molecular weight excluding hydrogens is 236 g/mol. The van der Waals surface area contributed by atoms with Crippen molar-refractivity contribution in [1.82, 2.24) is 0 Å². The Morgan fingerprint density at radius 1 is 1.11 bits per heavy atom. The van der Waals surface area contributed by atoms with E-state index in [1.54, 1.807) is 0 Å². The van der Waals surface area contributed by atoms with Crippen molar-refractivity contribution in [3.63, 3.8) is 0 Å². The Hall–Kier alpha value is -1.31. The van der Waals surface area contributed by atoms with Gasteiger partial charge in [-0.1, -0.05) is 44.2 Å². The van der Waals surface area contributed by atoms with Crippen LogP contribution < -0.4 is 0 Å². The number of hydrogen-bond acceptors (Lipinski definition) is 2. The number of esters is 1. The second-order valence-electron chi connectivity index (χ2n) is 6.61. The van der Waals surface area contributed by atoms with Gasteiger partial charge in [-0.25, -0.2) is 0 Å². The van der Waals surface area contributed by atoms with Gasteiger partial charge < -0.3 is 4.74 Å². The van der Waals surface area contributed by atoms with Crippen LogP contribution in [0.15, 0.2) is 30.3 Å². The van der Waals surface area contributed by atoms with Crippen LogP contribution in [-0.4, -0.2) is 12.6 Å². The molecule has 0 aliphatic heterocycles. The average Bonchev–Trinajstić information content (AvgIpc) is 2.28.